The molecule has 0 aromatic carbocycles. The zero-order chi connectivity index (χ0) is 9.94. The van der Waals surface area contributed by atoms with E-state index in [2.05, 4.69) is 0 Å². The Morgan fingerprint density at radius 1 is 1.58 bits per heavy atom. The Hall–Kier alpha value is -1.39. The molecule has 12 heavy (non-hydrogen) atoms. The first-order chi connectivity index (χ1) is 5.30. The van der Waals surface area contributed by atoms with Crippen LogP contribution in [0.1, 0.15) is 20.8 Å². The summed E-state index contributed by atoms with van der Waals surface area (Å²) < 4.78 is 0. The van der Waals surface area contributed by atoms with E-state index in [1.807, 2.05) is 0 Å². The van der Waals surface area contributed by atoms with Gasteiger partial charge in [-0.05, 0) is 0 Å². The van der Waals surface area contributed by atoms with Crippen molar-refractivity contribution < 1.29 is 4.92 Å². The highest BCUT2D eigenvalue weighted by Gasteiger charge is 2.24. The van der Waals surface area contributed by atoms with Gasteiger partial charge in [0.25, 0.3) is 0 Å². The monoisotopic (exact) mass is 171 g/mol. The second kappa shape index (κ2) is 3.34. The van der Waals surface area contributed by atoms with Gasteiger partial charge in [-0.25, -0.2) is 0 Å². The summed E-state index contributed by atoms with van der Waals surface area (Å²) in [5.74, 6) is 0. The van der Waals surface area contributed by atoms with E-state index < -0.39 is 10.3 Å². The van der Waals surface area contributed by atoms with Crippen molar-refractivity contribution in [2.75, 3.05) is 0 Å². The topological polar surface area (TPSA) is 93.0 Å². The lowest BCUT2D eigenvalue weighted by Crippen LogP contribution is -2.22. The highest BCUT2D eigenvalue weighted by atomic mass is 16.6. The van der Waals surface area contributed by atoms with E-state index in [9.17, 15) is 10.1 Å². The van der Waals surface area contributed by atoms with Gasteiger partial charge in [-0.15, -0.1) is 0 Å². The maximum atomic E-state index is 10.3. The molecule has 3 N–H and O–H groups in total. The van der Waals surface area contributed by atoms with Gasteiger partial charge in [0.1, 0.15) is 0 Å². The van der Waals surface area contributed by atoms with E-state index in [4.69, 9.17) is 11.1 Å². The van der Waals surface area contributed by atoms with Crippen LogP contribution in [0.15, 0.2) is 11.4 Å². The molecule has 0 spiro atoms. The SMILES string of the molecule is CC(C)(C)/C(N)=C(/C=N)[N+](=O)[O-]. The van der Waals surface area contributed by atoms with Crippen LogP contribution < -0.4 is 5.73 Å². The molecule has 68 valence electrons. The highest BCUT2D eigenvalue weighted by Crippen LogP contribution is 2.22. The van der Waals surface area contributed by atoms with Gasteiger partial charge in [-0.1, -0.05) is 20.8 Å². The fraction of sp³-hybridized carbons (Fsp3) is 0.571. The van der Waals surface area contributed by atoms with Gasteiger partial charge in [-0.2, -0.15) is 0 Å². The molecule has 0 aliphatic heterocycles. The molecular weight excluding hydrogens is 158 g/mol. The lowest BCUT2D eigenvalue weighted by atomic mass is 9.91. The van der Waals surface area contributed by atoms with Crippen molar-refractivity contribution in [1.82, 2.24) is 0 Å². The molecule has 5 heteroatoms. The molecule has 0 fully saturated rings. The van der Waals surface area contributed by atoms with Gasteiger partial charge < -0.3 is 11.1 Å². The van der Waals surface area contributed by atoms with E-state index in [0.717, 1.165) is 0 Å². The fourth-order valence-corrected chi connectivity index (χ4v) is 0.613. The molecule has 0 rings (SSSR count). The summed E-state index contributed by atoms with van der Waals surface area (Å²) in [7, 11) is 0. The fourth-order valence-electron chi connectivity index (χ4n) is 0.613. The zero-order valence-corrected chi connectivity index (χ0v) is 7.42. The predicted octanol–water partition coefficient (Wildman–Crippen LogP) is 1.13. The number of allylic oxidation sites excluding steroid dienone is 2. The number of hydrogen-bond donors (Lipinski definition) is 2. The van der Waals surface area contributed by atoms with Crippen LogP contribution in [0.3, 0.4) is 0 Å². The smallest absolute Gasteiger partial charge is 0.305 e. The van der Waals surface area contributed by atoms with E-state index in [1.54, 1.807) is 20.8 Å². The summed E-state index contributed by atoms with van der Waals surface area (Å²) in [5, 5.41) is 17.1. The van der Waals surface area contributed by atoms with Crippen molar-refractivity contribution in [3.8, 4) is 0 Å². The molecule has 0 heterocycles. The maximum absolute atomic E-state index is 10.3. The van der Waals surface area contributed by atoms with Gasteiger partial charge in [0.2, 0.25) is 0 Å². The second-order valence-electron chi connectivity index (χ2n) is 3.45. The van der Waals surface area contributed by atoms with Gasteiger partial charge in [0.15, 0.2) is 0 Å². The van der Waals surface area contributed by atoms with Crippen LogP contribution >= 0.6 is 0 Å². The molecule has 0 atom stereocenters. The highest BCUT2D eigenvalue weighted by molar-refractivity contribution is 5.73. The Balaban J connectivity index is 5.12. The van der Waals surface area contributed by atoms with Crippen LogP contribution in [-0.2, 0) is 0 Å². The van der Waals surface area contributed by atoms with E-state index in [1.165, 1.54) is 0 Å². The lowest BCUT2D eigenvalue weighted by Gasteiger charge is -2.17. The van der Waals surface area contributed by atoms with Crippen molar-refractivity contribution in [3.63, 3.8) is 0 Å². The number of nitrogens with one attached hydrogen (secondary N) is 1. The molecule has 0 aromatic heterocycles. The molecule has 0 unspecified atom stereocenters. The molecule has 0 radical (unpaired) electrons. The van der Waals surface area contributed by atoms with Crippen LogP contribution in [-0.4, -0.2) is 11.1 Å². The van der Waals surface area contributed by atoms with Crippen LogP contribution in [0.5, 0.6) is 0 Å². The van der Waals surface area contributed by atoms with Crippen molar-refractivity contribution in [3.05, 3.63) is 21.5 Å². The minimum Gasteiger partial charge on any atom is -0.396 e. The van der Waals surface area contributed by atoms with Crippen molar-refractivity contribution >= 4 is 6.21 Å². The minimum atomic E-state index is -0.645. The summed E-state index contributed by atoms with van der Waals surface area (Å²) in [6.45, 7) is 5.28. The third kappa shape index (κ3) is 2.34. The summed E-state index contributed by atoms with van der Waals surface area (Å²) in [6.07, 6.45) is 0.667. The standard InChI is InChI=1S/C7H13N3O2/c1-7(2,3)6(9)5(4-8)10(11)12/h4,8H,9H2,1-3H3/b6-5+,8-4?. The molecule has 0 saturated heterocycles. The Labute approximate surface area is 70.9 Å². The summed E-state index contributed by atoms with van der Waals surface area (Å²) >= 11 is 0. The Bertz CT molecular complexity index is 238. The lowest BCUT2D eigenvalue weighted by molar-refractivity contribution is -0.416. The first kappa shape index (κ1) is 10.6. The summed E-state index contributed by atoms with van der Waals surface area (Å²) in [5.41, 5.74) is 4.82. The second-order valence-corrected chi connectivity index (χ2v) is 3.45. The first-order valence-electron chi connectivity index (χ1n) is 3.45. The largest absolute Gasteiger partial charge is 0.396 e. The van der Waals surface area contributed by atoms with Gasteiger partial charge in [0.05, 0.1) is 16.8 Å². The Morgan fingerprint density at radius 3 is 2.08 bits per heavy atom. The molecular formula is C7H13N3O2. The average Bonchev–Trinajstić information content (AvgIpc) is 1.86. The van der Waals surface area contributed by atoms with Crippen molar-refractivity contribution in [2.24, 2.45) is 11.1 Å². The Kier molecular flexibility index (Phi) is 2.95. The summed E-state index contributed by atoms with van der Waals surface area (Å²) in [4.78, 5) is 9.69. The number of nitrogens with zero attached hydrogens (tertiary/aromatic N) is 1. The normalized spacial score (nSPS) is 13.6. The molecule has 0 saturated carbocycles. The number of nitro groups is 1. The first-order valence-corrected chi connectivity index (χ1v) is 3.45. The van der Waals surface area contributed by atoms with Gasteiger partial charge >= 0.3 is 5.70 Å². The van der Waals surface area contributed by atoms with Gasteiger partial charge in [-0.3, -0.25) is 10.1 Å². The van der Waals surface area contributed by atoms with E-state index in [0.29, 0.717) is 6.21 Å². The molecule has 0 aliphatic carbocycles. The van der Waals surface area contributed by atoms with Gasteiger partial charge in [0, 0.05) is 5.41 Å². The van der Waals surface area contributed by atoms with E-state index in [-0.39, 0.29) is 11.4 Å². The van der Waals surface area contributed by atoms with Crippen LogP contribution in [0, 0.1) is 20.9 Å². The molecule has 0 aliphatic rings. The predicted molar refractivity (Wildman–Crippen MR) is 46.4 cm³/mol. The Morgan fingerprint density at radius 2 is 2.00 bits per heavy atom. The minimum absolute atomic E-state index is 0.127. The number of nitrogens with two attached hydrogens (primary N) is 1. The zero-order valence-electron chi connectivity index (χ0n) is 7.42. The molecule has 0 bridgehead atoms. The third-order valence-corrected chi connectivity index (χ3v) is 1.42. The number of rotatable bonds is 2. The maximum Gasteiger partial charge on any atom is 0.305 e. The molecule has 5 nitrogen and oxygen atoms in total. The molecule has 0 amide bonds. The average molecular weight is 171 g/mol. The van der Waals surface area contributed by atoms with Crippen LogP contribution in [0.2, 0.25) is 0 Å². The van der Waals surface area contributed by atoms with Crippen molar-refractivity contribution in [1.29, 1.82) is 5.41 Å². The van der Waals surface area contributed by atoms with Crippen LogP contribution in [0.25, 0.3) is 0 Å². The number of hydrogen-bond acceptors (Lipinski definition) is 4. The third-order valence-electron chi connectivity index (χ3n) is 1.42. The van der Waals surface area contributed by atoms with Crippen LogP contribution in [0.4, 0.5) is 0 Å². The van der Waals surface area contributed by atoms with Crippen molar-refractivity contribution in [2.45, 2.75) is 20.8 Å². The van der Waals surface area contributed by atoms with E-state index >= 15 is 0 Å². The molecule has 0 aromatic rings. The quantitative estimate of drug-likeness (QED) is 0.370. The summed E-state index contributed by atoms with van der Waals surface area (Å²) in [6, 6.07) is 0.